The third-order valence-corrected chi connectivity index (χ3v) is 12.4. The van der Waals surface area contributed by atoms with Crippen molar-refractivity contribution in [1.82, 2.24) is 5.32 Å². The molecule has 4 fully saturated rings. The molecule has 206 valence electrons. The van der Waals surface area contributed by atoms with Crippen LogP contribution in [0.1, 0.15) is 140 Å². The first-order valence-corrected chi connectivity index (χ1v) is 15.4. The molecule has 1 heteroatoms. The molecule has 4 aliphatic rings. The van der Waals surface area contributed by atoms with Crippen molar-refractivity contribution in [2.75, 3.05) is 6.54 Å². The number of rotatable bonds is 7. The molecule has 0 aliphatic heterocycles. The van der Waals surface area contributed by atoms with Crippen molar-refractivity contribution in [1.29, 1.82) is 0 Å². The molecule has 4 aliphatic carbocycles. The lowest BCUT2D eigenvalue weighted by molar-refractivity contribution is -0.184. The molecule has 0 radical (unpaired) electrons. The van der Waals surface area contributed by atoms with Gasteiger partial charge >= 0.3 is 0 Å². The Morgan fingerprint density at radius 1 is 1.00 bits per heavy atom. The molecule has 0 spiro atoms. The lowest BCUT2D eigenvalue weighted by atomic mass is 9.38. The first-order valence-electron chi connectivity index (χ1n) is 15.4. The minimum Gasteiger partial charge on any atom is -0.314 e. The van der Waals surface area contributed by atoms with Crippen molar-refractivity contribution < 1.29 is 0 Å². The molecule has 0 heterocycles. The first-order chi connectivity index (χ1) is 16.1. The van der Waals surface area contributed by atoms with Gasteiger partial charge in [-0.05, 0) is 136 Å². The number of allylic oxidation sites excluding steroid dienone is 1. The van der Waals surface area contributed by atoms with E-state index in [9.17, 15) is 0 Å². The number of hydrogen-bond donors (Lipinski definition) is 1. The monoisotopic (exact) mass is 488 g/mol. The van der Waals surface area contributed by atoms with Gasteiger partial charge in [-0.3, -0.25) is 0 Å². The van der Waals surface area contributed by atoms with Crippen LogP contribution in [0.2, 0.25) is 0 Å². The summed E-state index contributed by atoms with van der Waals surface area (Å²) < 4.78 is 0. The van der Waals surface area contributed by atoms with Gasteiger partial charge in [0.15, 0.2) is 0 Å². The summed E-state index contributed by atoms with van der Waals surface area (Å²) in [6.07, 6.45) is 15.6. The van der Waals surface area contributed by atoms with Gasteiger partial charge in [0.25, 0.3) is 0 Å². The maximum absolute atomic E-state index is 4.18. The molecule has 0 amide bonds. The highest BCUT2D eigenvalue weighted by atomic mass is 14.9. The summed E-state index contributed by atoms with van der Waals surface area (Å²) in [4.78, 5) is 0. The van der Waals surface area contributed by atoms with Gasteiger partial charge in [0, 0.05) is 6.04 Å². The molecule has 0 saturated heterocycles. The zero-order chi connectivity index (χ0) is 25.3. The van der Waals surface area contributed by atoms with Crippen LogP contribution in [0.3, 0.4) is 0 Å². The van der Waals surface area contributed by atoms with Crippen LogP contribution in [-0.4, -0.2) is 12.6 Å². The molecule has 1 N–H and O–H groups in total. The van der Waals surface area contributed by atoms with Crippen LogP contribution in [0.15, 0.2) is 12.2 Å². The maximum atomic E-state index is 4.18. The SMILES string of the molecule is C.C=C(C)CCC(C)C1CCC2C3CC(C)C4(C)CC(NCCC)CCC4(C)C3CCC12C.CC. The molecular weight excluding hydrogens is 422 g/mol. The molecule has 0 aromatic rings. The predicted octanol–water partition coefficient (Wildman–Crippen LogP) is 10.3. The van der Waals surface area contributed by atoms with Gasteiger partial charge in [0.05, 0.1) is 0 Å². The Bertz CT molecular complexity index is 682. The van der Waals surface area contributed by atoms with E-state index in [1.54, 1.807) is 0 Å². The Balaban J connectivity index is 0.00000140. The quantitative estimate of drug-likeness (QED) is 0.352. The maximum Gasteiger partial charge on any atom is 0.00727 e. The van der Waals surface area contributed by atoms with E-state index in [0.29, 0.717) is 16.2 Å². The Morgan fingerprint density at radius 2 is 1.69 bits per heavy atom. The standard InChI is InChI=1S/C31H55N.C2H6.CH4/c1-9-18-32-24-14-17-30(7)28-15-16-29(6)26(22(4)11-10-21(2)3)12-13-27(29)25(28)19-23(5)31(30,8)20-24;1-2;/h22-28,32H,2,9-20H2,1,3-8H3;1-2H3;1H4. The lowest BCUT2D eigenvalue weighted by Crippen LogP contribution is -2.62. The third kappa shape index (κ3) is 5.33. The highest BCUT2D eigenvalue weighted by Gasteiger charge is 2.65. The van der Waals surface area contributed by atoms with E-state index in [4.69, 9.17) is 0 Å². The van der Waals surface area contributed by atoms with Crippen molar-refractivity contribution in [3.05, 3.63) is 12.2 Å². The van der Waals surface area contributed by atoms with Crippen molar-refractivity contribution in [2.45, 2.75) is 146 Å². The topological polar surface area (TPSA) is 12.0 Å². The predicted molar refractivity (Wildman–Crippen MR) is 158 cm³/mol. The molecule has 1 nitrogen and oxygen atoms in total. The van der Waals surface area contributed by atoms with E-state index < -0.39 is 0 Å². The second-order valence-electron chi connectivity index (χ2n) is 13.9. The number of hydrogen-bond acceptors (Lipinski definition) is 1. The van der Waals surface area contributed by atoms with Crippen LogP contribution in [0.25, 0.3) is 0 Å². The molecule has 4 saturated carbocycles. The summed E-state index contributed by atoms with van der Waals surface area (Å²) in [6, 6.07) is 0.755. The van der Waals surface area contributed by atoms with E-state index in [1.807, 2.05) is 13.8 Å². The summed E-state index contributed by atoms with van der Waals surface area (Å²) in [5.74, 6) is 5.61. The molecule has 10 unspecified atom stereocenters. The summed E-state index contributed by atoms with van der Waals surface area (Å²) in [5, 5.41) is 3.91. The van der Waals surface area contributed by atoms with Crippen molar-refractivity contribution >= 4 is 0 Å². The average Bonchev–Trinajstić information content (AvgIpc) is 3.16. The fourth-order valence-corrected chi connectivity index (χ4v) is 10.2. The lowest BCUT2D eigenvalue weighted by Gasteiger charge is -2.68. The fourth-order valence-electron chi connectivity index (χ4n) is 10.2. The van der Waals surface area contributed by atoms with Crippen LogP contribution < -0.4 is 5.32 Å². The molecule has 4 rings (SSSR count). The van der Waals surface area contributed by atoms with Gasteiger partial charge in [-0.1, -0.05) is 68.4 Å². The highest BCUT2D eigenvalue weighted by molar-refractivity contribution is 5.14. The fraction of sp³-hybridized carbons (Fsp3) is 0.941. The summed E-state index contributed by atoms with van der Waals surface area (Å²) in [6.45, 7) is 27.3. The number of nitrogens with one attached hydrogen (secondary N) is 1. The van der Waals surface area contributed by atoms with Crippen molar-refractivity contribution in [3.63, 3.8) is 0 Å². The zero-order valence-electron chi connectivity index (χ0n) is 24.7. The molecule has 0 aromatic heterocycles. The smallest absolute Gasteiger partial charge is 0.00727 e. The van der Waals surface area contributed by atoms with Gasteiger partial charge in [-0.2, -0.15) is 0 Å². The Morgan fingerprint density at radius 3 is 2.31 bits per heavy atom. The zero-order valence-corrected chi connectivity index (χ0v) is 24.7. The van der Waals surface area contributed by atoms with Crippen LogP contribution in [0.4, 0.5) is 0 Å². The Hall–Kier alpha value is -0.300. The van der Waals surface area contributed by atoms with Crippen molar-refractivity contribution in [3.8, 4) is 0 Å². The first kappa shape index (κ1) is 30.9. The normalized spacial score (nSPS) is 45.1. The van der Waals surface area contributed by atoms with E-state index in [0.717, 1.165) is 41.5 Å². The van der Waals surface area contributed by atoms with Crippen LogP contribution >= 0.6 is 0 Å². The van der Waals surface area contributed by atoms with Gasteiger partial charge in [0.1, 0.15) is 0 Å². The summed E-state index contributed by atoms with van der Waals surface area (Å²) in [5.41, 5.74) is 3.03. The van der Waals surface area contributed by atoms with Gasteiger partial charge in [-0.15, -0.1) is 6.58 Å². The molecule has 0 aromatic carbocycles. The Labute approximate surface area is 222 Å². The largest absolute Gasteiger partial charge is 0.314 e. The van der Waals surface area contributed by atoms with Crippen LogP contribution in [0, 0.1) is 51.8 Å². The molecular formula is C34H65N. The second-order valence-corrected chi connectivity index (χ2v) is 13.9. The second kappa shape index (κ2) is 12.0. The molecule has 0 bridgehead atoms. The van der Waals surface area contributed by atoms with Gasteiger partial charge in [-0.25, -0.2) is 0 Å². The van der Waals surface area contributed by atoms with Gasteiger partial charge < -0.3 is 5.32 Å². The summed E-state index contributed by atoms with van der Waals surface area (Å²) in [7, 11) is 0. The Kier molecular flexibility index (Phi) is 10.6. The van der Waals surface area contributed by atoms with Crippen LogP contribution in [0.5, 0.6) is 0 Å². The minimum atomic E-state index is 0. The van der Waals surface area contributed by atoms with E-state index in [1.165, 1.54) is 82.7 Å². The van der Waals surface area contributed by atoms with E-state index in [-0.39, 0.29) is 7.43 Å². The van der Waals surface area contributed by atoms with E-state index in [2.05, 4.69) is 60.4 Å². The average molecular weight is 488 g/mol. The third-order valence-electron chi connectivity index (χ3n) is 12.4. The summed E-state index contributed by atoms with van der Waals surface area (Å²) >= 11 is 0. The van der Waals surface area contributed by atoms with Crippen molar-refractivity contribution in [2.24, 2.45) is 51.8 Å². The van der Waals surface area contributed by atoms with E-state index >= 15 is 0 Å². The van der Waals surface area contributed by atoms with Gasteiger partial charge in [0.2, 0.25) is 0 Å². The molecule has 10 atom stereocenters. The number of fused-ring (bicyclic) bond motifs is 5. The van der Waals surface area contributed by atoms with Crippen LogP contribution in [-0.2, 0) is 0 Å². The minimum absolute atomic E-state index is 0. The molecule has 35 heavy (non-hydrogen) atoms. The highest BCUT2D eigenvalue weighted by Crippen LogP contribution is 2.72.